The predicted octanol–water partition coefficient (Wildman–Crippen LogP) is 0.0749. The van der Waals surface area contributed by atoms with Crippen LogP contribution in [0.25, 0.3) is 0 Å². The molecule has 0 saturated carbocycles. The van der Waals surface area contributed by atoms with Gasteiger partial charge in [-0.05, 0) is 13.0 Å². The van der Waals surface area contributed by atoms with E-state index >= 15 is 0 Å². The molecule has 104 valence electrons. The quantitative estimate of drug-likeness (QED) is 0.584. The van der Waals surface area contributed by atoms with Gasteiger partial charge >= 0.3 is 0 Å². The summed E-state index contributed by atoms with van der Waals surface area (Å²) in [7, 11) is 5.15. The Morgan fingerprint density at radius 1 is 1.47 bits per heavy atom. The average molecular weight is 268 g/mol. The Bertz CT molecular complexity index is 488. The lowest BCUT2D eigenvalue weighted by Crippen LogP contribution is -3.11. The fourth-order valence-corrected chi connectivity index (χ4v) is 1.41. The summed E-state index contributed by atoms with van der Waals surface area (Å²) in [6.45, 7) is 1.77. The van der Waals surface area contributed by atoms with Crippen LogP contribution in [0.4, 0.5) is 11.4 Å². The molecule has 19 heavy (non-hydrogen) atoms. The summed E-state index contributed by atoms with van der Waals surface area (Å²) < 4.78 is 5.08. The number of ether oxygens (including phenoxy) is 1. The number of carbonyl (C=O) groups excluding carboxylic acids is 1. The van der Waals surface area contributed by atoms with Crippen LogP contribution in [0, 0.1) is 10.1 Å². The van der Waals surface area contributed by atoms with Crippen LogP contribution in [0.15, 0.2) is 18.2 Å². The molecule has 2 N–H and O–H groups in total. The Morgan fingerprint density at radius 2 is 2.11 bits per heavy atom. The van der Waals surface area contributed by atoms with Crippen LogP contribution >= 0.6 is 0 Å². The van der Waals surface area contributed by atoms with Crippen molar-refractivity contribution in [2.45, 2.75) is 13.0 Å². The molecule has 0 unspecified atom stereocenters. The molecular weight excluding hydrogens is 250 g/mol. The molecule has 0 aromatic heterocycles. The largest absolute Gasteiger partial charge is 0.495 e. The molecule has 0 aliphatic heterocycles. The molecule has 0 spiro atoms. The van der Waals surface area contributed by atoms with Crippen molar-refractivity contribution in [2.75, 3.05) is 26.5 Å². The minimum atomic E-state index is -0.518. The third kappa shape index (κ3) is 3.65. The van der Waals surface area contributed by atoms with Crippen LogP contribution < -0.4 is 15.0 Å². The lowest BCUT2D eigenvalue weighted by atomic mass is 10.2. The second-order valence-corrected chi connectivity index (χ2v) is 4.43. The summed E-state index contributed by atoms with van der Waals surface area (Å²) in [5.41, 5.74) is 0.204. The molecule has 0 fully saturated rings. The third-order valence-corrected chi connectivity index (χ3v) is 2.91. The second-order valence-electron chi connectivity index (χ2n) is 4.43. The zero-order valence-electron chi connectivity index (χ0n) is 11.4. The molecule has 1 amide bonds. The number of nitro benzene ring substituents is 1. The highest BCUT2D eigenvalue weighted by Gasteiger charge is 2.21. The van der Waals surface area contributed by atoms with Crippen molar-refractivity contribution in [2.24, 2.45) is 0 Å². The van der Waals surface area contributed by atoms with Crippen LogP contribution in [-0.2, 0) is 4.79 Å². The number of benzene rings is 1. The number of quaternary nitrogens is 1. The Kier molecular flexibility index (Phi) is 4.82. The van der Waals surface area contributed by atoms with Gasteiger partial charge in [-0.2, -0.15) is 0 Å². The van der Waals surface area contributed by atoms with E-state index in [9.17, 15) is 14.9 Å². The maximum absolute atomic E-state index is 11.9. The van der Waals surface area contributed by atoms with E-state index in [1.807, 2.05) is 14.1 Å². The second kappa shape index (κ2) is 6.14. The van der Waals surface area contributed by atoms with Gasteiger partial charge in [-0.3, -0.25) is 14.9 Å². The number of amides is 1. The summed E-state index contributed by atoms with van der Waals surface area (Å²) in [5, 5.41) is 13.4. The predicted molar refractivity (Wildman–Crippen MR) is 70.6 cm³/mol. The van der Waals surface area contributed by atoms with E-state index in [4.69, 9.17) is 4.74 Å². The molecule has 1 aromatic rings. The number of hydrogen-bond donors (Lipinski definition) is 2. The number of nitrogens with zero attached hydrogens (tertiary/aromatic N) is 1. The highest BCUT2D eigenvalue weighted by atomic mass is 16.6. The Labute approximate surface area is 111 Å². The first-order chi connectivity index (χ1) is 8.86. The van der Waals surface area contributed by atoms with Crippen molar-refractivity contribution in [3.05, 3.63) is 28.3 Å². The van der Waals surface area contributed by atoms with Crippen LogP contribution in [0.1, 0.15) is 6.92 Å². The minimum absolute atomic E-state index is 0.0963. The SMILES string of the molecule is COc1ccc([N+](=O)[O-])cc1NC(=O)[C@@H](C)[NH+](C)C. The molecule has 0 aliphatic carbocycles. The highest BCUT2D eigenvalue weighted by molar-refractivity contribution is 5.95. The molecule has 0 aliphatic rings. The lowest BCUT2D eigenvalue weighted by molar-refractivity contribution is -0.873. The van der Waals surface area contributed by atoms with E-state index in [1.54, 1.807) is 6.92 Å². The van der Waals surface area contributed by atoms with Crippen molar-refractivity contribution in [3.8, 4) is 5.75 Å². The summed E-state index contributed by atoms with van der Waals surface area (Å²) >= 11 is 0. The van der Waals surface area contributed by atoms with Crippen LogP contribution in [0.2, 0.25) is 0 Å². The number of hydrogen-bond acceptors (Lipinski definition) is 4. The first-order valence-electron chi connectivity index (χ1n) is 5.80. The summed E-state index contributed by atoms with van der Waals surface area (Å²) in [4.78, 5) is 23.1. The molecule has 0 heterocycles. The highest BCUT2D eigenvalue weighted by Crippen LogP contribution is 2.28. The van der Waals surface area contributed by atoms with Gasteiger partial charge in [0.15, 0.2) is 6.04 Å². The third-order valence-electron chi connectivity index (χ3n) is 2.91. The van der Waals surface area contributed by atoms with Gasteiger partial charge in [0, 0.05) is 12.1 Å². The molecule has 7 heteroatoms. The van der Waals surface area contributed by atoms with Gasteiger partial charge in [-0.1, -0.05) is 0 Å². The first kappa shape index (κ1) is 14.9. The van der Waals surface area contributed by atoms with Crippen LogP contribution in [0.3, 0.4) is 0 Å². The fraction of sp³-hybridized carbons (Fsp3) is 0.417. The van der Waals surface area contributed by atoms with Gasteiger partial charge in [-0.25, -0.2) is 0 Å². The van der Waals surface area contributed by atoms with E-state index in [-0.39, 0.29) is 17.6 Å². The van der Waals surface area contributed by atoms with Gasteiger partial charge in [-0.15, -0.1) is 0 Å². The van der Waals surface area contributed by atoms with E-state index in [1.165, 1.54) is 25.3 Å². The lowest BCUT2D eigenvalue weighted by Gasteiger charge is -2.17. The van der Waals surface area contributed by atoms with Crippen molar-refractivity contribution in [3.63, 3.8) is 0 Å². The van der Waals surface area contributed by atoms with Gasteiger partial charge in [0.25, 0.3) is 11.6 Å². The molecule has 1 atom stereocenters. The van der Waals surface area contributed by atoms with E-state index in [0.717, 1.165) is 4.90 Å². The maximum Gasteiger partial charge on any atom is 0.282 e. The number of anilines is 1. The summed E-state index contributed by atoms with van der Waals surface area (Å²) in [5.74, 6) is 0.165. The molecule has 0 saturated heterocycles. The maximum atomic E-state index is 11.9. The van der Waals surface area contributed by atoms with E-state index < -0.39 is 4.92 Å². The molecule has 1 aromatic carbocycles. The number of methoxy groups -OCH3 is 1. The van der Waals surface area contributed by atoms with Gasteiger partial charge < -0.3 is 15.0 Å². The van der Waals surface area contributed by atoms with Gasteiger partial charge in [0.05, 0.1) is 31.8 Å². The number of non-ortho nitro benzene ring substituents is 1. The standard InChI is InChI=1S/C12H17N3O4/c1-8(14(2)3)12(16)13-10-7-9(15(17)18)5-6-11(10)19-4/h5-8H,1-4H3,(H,13,16)/p+1/t8-/m1/s1. The zero-order chi connectivity index (χ0) is 14.6. The molecular formula is C12H18N3O4+. The number of likely N-dealkylation sites (N-methyl/N-ethyl adjacent to an activating group) is 1. The Balaban J connectivity index is 3.01. The molecule has 0 bridgehead atoms. The summed E-state index contributed by atoms with van der Waals surface area (Å²) in [6, 6.07) is 3.80. The normalized spacial score (nSPS) is 12.1. The number of nitro groups is 1. The van der Waals surface area contributed by atoms with Gasteiger partial charge in [0.2, 0.25) is 0 Å². The number of nitrogens with one attached hydrogen (secondary N) is 2. The fourth-order valence-electron chi connectivity index (χ4n) is 1.41. The van der Waals surface area contributed by atoms with E-state index in [2.05, 4.69) is 5.32 Å². The monoisotopic (exact) mass is 268 g/mol. The average Bonchev–Trinajstić information content (AvgIpc) is 2.37. The smallest absolute Gasteiger partial charge is 0.282 e. The van der Waals surface area contributed by atoms with Crippen molar-refractivity contribution < 1.29 is 19.4 Å². The van der Waals surface area contributed by atoms with Crippen molar-refractivity contribution in [1.29, 1.82) is 0 Å². The van der Waals surface area contributed by atoms with E-state index in [0.29, 0.717) is 11.4 Å². The Morgan fingerprint density at radius 3 is 2.58 bits per heavy atom. The first-order valence-corrected chi connectivity index (χ1v) is 5.80. The number of rotatable bonds is 5. The number of carbonyl (C=O) groups is 1. The Hall–Kier alpha value is -2.15. The summed E-state index contributed by atoms with van der Waals surface area (Å²) in [6.07, 6.45) is 0. The zero-order valence-corrected chi connectivity index (χ0v) is 11.4. The van der Waals surface area contributed by atoms with Crippen LogP contribution in [-0.4, -0.2) is 38.1 Å². The molecule has 7 nitrogen and oxygen atoms in total. The van der Waals surface area contributed by atoms with Gasteiger partial charge in [0.1, 0.15) is 5.75 Å². The minimum Gasteiger partial charge on any atom is -0.495 e. The molecule has 0 radical (unpaired) electrons. The van der Waals surface area contributed by atoms with Crippen LogP contribution in [0.5, 0.6) is 5.75 Å². The molecule has 1 rings (SSSR count). The van der Waals surface area contributed by atoms with Crippen molar-refractivity contribution >= 4 is 17.3 Å². The van der Waals surface area contributed by atoms with Crippen molar-refractivity contribution in [1.82, 2.24) is 0 Å². The topological polar surface area (TPSA) is 85.9 Å².